The van der Waals surface area contributed by atoms with Crippen LogP contribution in [-0.4, -0.2) is 74.6 Å². The van der Waals surface area contributed by atoms with Crippen molar-refractivity contribution in [2.75, 3.05) is 37.7 Å². The molecule has 0 unspecified atom stereocenters. The SMILES string of the molecule is C[C@@H]1Cc2ccccc2CN1C(=O)c1ccc(Cl)cc1-c1cc(C(=O)N(c2ccc(O)cc2)c2ccc3c(ccn3CCN3CCOCC3)c2)c2ccccn12. The molecule has 3 aromatic heterocycles. The van der Waals surface area contributed by atoms with Crippen LogP contribution in [0.2, 0.25) is 5.02 Å². The zero-order chi connectivity index (χ0) is 38.3. The molecule has 4 aromatic carbocycles. The van der Waals surface area contributed by atoms with Gasteiger partial charge in [-0.1, -0.05) is 41.9 Å². The molecule has 0 saturated carbocycles. The molecule has 0 bridgehead atoms. The molecule has 1 saturated heterocycles. The van der Waals surface area contributed by atoms with E-state index < -0.39 is 0 Å². The van der Waals surface area contributed by atoms with Gasteiger partial charge in [-0.15, -0.1) is 0 Å². The van der Waals surface area contributed by atoms with E-state index in [1.807, 2.05) is 70.1 Å². The Kier molecular flexibility index (Phi) is 9.59. The number of amides is 2. The lowest BCUT2D eigenvalue weighted by Crippen LogP contribution is -2.42. The van der Waals surface area contributed by atoms with Crippen LogP contribution in [0.15, 0.2) is 128 Å². The molecule has 56 heavy (non-hydrogen) atoms. The molecular weight excluding hydrogens is 722 g/mol. The van der Waals surface area contributed by atoms with Gasteiger partial charge in [0, 0.05) is 89.6 Å². The summed E-state index contributed by atoms with van der Waals surface area (Å²) in [7, 11) is 0. The fourth-order valence-electron chi connectivity index (χ4n) is 8.25. The number of pyridine rings is 1. The van der Waals surface area contributed by atoms with Crippen LogP contribution in [0.3, 0.4) is 0 Å². The Balaban J connectivity index is 1.10. The standard InChI is InChI=1S/C46H42ClN5O4/c1-31-26-32-6-2-3-7-34(32)30-51(31)45(54)39-15-9-35(47)28-40(39)44-29-41(43-8-4-5-18-50(43)44)46(55)52(36-10-13-38(53)14-11-36)37-12-16-42-33(27-37)17-19-49(42)21-20-48-22-24-56-25-23-48/h2-19,27-29,31,53H,20-26,30H2,1H3/t31-/m1/s1. The van der Waals surface area contributed by atoms with E-state index in [-0.39, 0.29) is 23.6 Å². The Morgan fingerprint density at radius 3 is 2.38 bits per heavy atom. The van der Waals surface area contributed by atoms with Gasteiger partial charge < -0.3 is 23.7 Å². The van der Waals surface area contributed by atoms with Crippen LogP contribution in [0.1, 0.15) is 38.8 Å². The minimum Gasteiger partial charge on any atom is -0.508 e. The molecule has 0 aliphatic carbocycles. The fourth-order valence-corrected chi connectivity index (χ4v) is 8.43. The number of fused-ring (bicyclic) bond motifs is 3. The molecule has 5 heterocycles. The summed E-state index contributed by atoms with van der Waals surface area (Å²) in [5, 5.41) is 11.7. The highest BCUT2D eigenvalue weighted by atomic mass is 35.5. The average molecular weight is 764 g/mol. The van der Waals surface area contributed by atoms with Crippen molar-refractivity contribution in [3.8, 4) is 17.0 Å². The van der Waals surface area contributed by atoms with Gasteiger partial charge in [0.25, 0.3) is 11.8 Å². The number of morpholine rings is 1. The summed E-state index contributed by atoms with van der Waals surface area (Å²) in [6, 6.07) is 36.1. The Hall–Kier alpha value is -5.87. The third-order valence-corrected chi connectivity index (χ3v) is 11.5. The lowest BCUT2D eigenvalue weighted by molar-refractivity contribution is 0.0365. The molecule has 0 radical (unpaired) electrons. The van der Waals surface area contributed by atoms with Crippen molar-refractivity contribution >= 4 is 51.2 Å². The number of ether oxygens (including phenoxy) is 1. The number of phenolic OH excluding ortho intramolecular Hbond substituents is 1. The van der Waals surface area contributed by atoms with Crippen molar-refractivity contribution < 1.29 is 19.4 Å². The maximum atomic E-state index is 15.1. The summed E-state index contributed by atoms with van der Waals surface area (Å²) in [5.74, 6) is -0.239. The third-order valence-electron chi connectivity index (χ3n) is 11.2. The lowest BCUT2D eigenvalue weighted by atomic mass is 9.93. The molecule has 2 amide bonds. The Bertz CT molecular complexity index is 2590. The number of rotatable bonds is 8. The van der Waals surface area contributed by atoms with Crippen LogP contribution in [0.4, 0.5) is 11.4 Å². The van der Waals surface area contributed by atoms with Gasteiger partial charge in [0.05, 0.1) is 30.0 Å². The van der Waals surface area contributed by atoms with Crippen molar-refractivity contribution in [1.82, 2.24) is 18.8 Å². The van der Waals surface area contributed by atoms with E-state index in [1.165, 1.54) is 5.56 Å². The number of carbonyl (C=O) groups is 2. The summed E-state index contributed by atoms with van der Waals surface area (Å²) >= 11 is 6.67. The number of aromatic nitrogens is 2. The Morgan fingerprint density at radius 1 is 0.786 bits per heavy atom. The summed E-state index contributed by atoms with van der Waals surface area (Å²) in [6.45, 7) is 7.78. The second kappa shape index (κ2) is 15.0. The molecule has 1 N–H and O–H groups in total. The molecule has 2 aliphatic heterocycles. The van der Waals surface area contributed by atoms with Crippen LogP contribution in [0.5, 0.6) is 5.75 Å². The summed E-state index contributed by atoms with van der Waals surface area (Å²) in [6.07, 6.45) is 4.78. The maximum absolute atomic E-state index is 15.1. The van der Waals surface area contributed by atoms with Crippen molar-refractivity contribution in [3.05, 3.63) is 155 Å². The molecule has 10 heteroatoms. The highest BCUT2D eigenvalue weighted by Gasteiger charge is 2.31. The first-order chi connectivity index (χ1) is 27.3. The summed E-state index contributed by atoms with van der Waals surface area (Å²) in [5.41, 5.74) is 7.77. The number of carbonyl (C=O) groups excluding carboxylic acids is 2. The van der Waals surface area contributed by atoms with E-state index in [4.69, 9.17) is 16.3 Å². The highest BCUT2D eigenvalue weighted by Crippen LogP contribution is 2.37. The molecule has 7 aromatic rings. The zero-order valence-electron chi connectivity index (χ0n) is 31.1. The Morgan fingerprint density at radius 2 is 1.55 bits per heavy atom. The van der Waals surface area contributed by atoms with E-state index in [1.54, 1.807) is 41.3 Å². The molecule has 9 nitrogen and oxygen atoms in total. The van der Waals surface area contributed by atoms with Crippen LogP contribution in [0.25, 0.3) is 27.7 Å². The van der Waals surface area contributed by atoms with Gasteiger partial charge >= 0.3 is 0 Å². The van der Waals surface area contributed by atoms with Gasteiger partial charge in [0.15, 0.2) is 0 Å². The number of halogens is 1. The molecule has 2 aliphatic rings. The predicted molar refractivity (Wildman–Crippen MR) is 221 cm³/mol. The minimum absolute atomic E-state index is 0.00000736. The number of hydrogen-bond donors (Lipinski definition) is 1. The Labute approximate surface area is 330 Å². The smallest absolute Gasteiger partial charge is 0.265 e. The van der Waals surface area contributed by atoms with E-state index in [9.17, 15) is 9.90 Å². The van der Waals surface area contributed by atoms with Gasteiger partial charge in [-0.3, -0.25) is 19.4 Å². The van der Waals surface area contributed by atoms with Crippen molar-refractivity contribution in [2.45, 2.75) is 32.5 Å². The quantitative estimate of drug-likeness (QED) is 0.167. The number of benzene rings is 4. The third kappa shape index (κ3) is 6.72. The van der Waals surface area contributed by atoms with E-state index in [0.29, 0.717) is 50.8 Å². The van der Waals surface area contributed by atoms with Crippen LogP contribution in [-0.2, 0) is 24.2 Å². The van der Waals surface area contributed by atoms with Crippen LogP contribution < -0.4 is 4.90 Å². The number of hydrogen-bond acceptors (Lipinski definition) is 5. The van der Waals surface area contributed by atoms with Gasteiger partial charge in [0.1, 0.15) is 5.75 Å². The van der Waals surface area contributed by atoms with E-state index in [2.05, 4.69) is 46.9 Å². The average Bonchev–Trinajstić information content (AvgIpc) is 3.82. The van der Waals surface area contributed by atoms with Gasteiger partial charge in [-0.2, -0.15) is 0 Å². The normalized spacial score (nSPS) is 16.0. The predicted octanol–water partition coefficient (Wildman–Crippen LogP) is 8.82. The first-order valence-corrected chi connectivity index (χ1v) is 19.5. The van der Waals surface area contributed by atoms with Crippen molar-refractivity contribution in [2.24, 2.45) is 0 Å². The minimum atomic E-state index is -0.257. The topological polar surface area (TPSA) is 82.7 Å². The van der Waals surface area contributed by atoms with E-state index >= 15 is 4.79 Å². The zero-order valence-corrected chi connectivity index (χ0v) is 31.9. The number of phenols is 1. The van der Waals surface area contributed by atoms with Gasteiger partial charge in [-0.25, -0.2) is 0 Å². The van der Waals surface area contributed by atoms with Gasteiger partial charge in [-0.05, 0) is 109 Å². The fraction of sp³-hybridized carbons (Fsp3) is 0.217. The summed E-state index contributed by atoms with van der Waals surface area (Å²) in [4.78, 5) is 35.7. The number of aromatic hydroxyl groups is 1. The van der Waals surface area contributed by atoms with Crippen molar-refractivity contribution in [1.29, 1.82) is 0 Å². The first kappa shape index (κ1) is 35.8. The molecule has 1 fully saturated rings. The molecule has 9 rings (SSSR count). The van der Waals surface area contributed by atoms with E-state index in [0.717, 1.165) is 62.3 Å². The molecule has 1 atom stereocenters. The highest BCUT2D eigenvalue weighted by molar-refractivity contribution is 6.31. The largest absolute Gasteiger partial charge is 0.508 e. The second-order valence-corrected chi connectivity index (χ2v) is 15.1. The number of nitrogens with zero attached hydrogens (tertiary/aromatic N) is 5. The second-order valence-electron chi connectivity index (χ2n) is 14.7. The van der Waals surface area contributed by atoms with Crippen LogP contribution >= 0.6 is 11.6 Å². The number of anilines is 2. The van der Waals surface area contributed by atoms with Crippen molar-refractivity contribution in [3.63, 3.8) is 0 Å². The molecule has 0 spiro atoms. The first-order valence-electron chi connectivity index (χ1n) is 19.1. The van der Waals surface area contributed by atoms with Gasteiger partial charge in [0.2, 0.25) is 0 Å². The maximum Gasteiger partial charge on any atom is 0.265 e. The summed E-state index contributed by atoms with van der Waals surface area (Å²) < 4.78 is 9.73. The lowest BCUT2D eigenvalue weighted by Gasteiger charge is -2.35. The molecular formula is C46H42ClN5O4. The monoisotopic (exact) mass is 763 g/mol. The molecule has 282 valence electrons. The van der Waals surface area contributed by atoms with Crippen LogP contribution in [0, 0.1) is 0 Å².